The van der Waals surface area contributed by atoms with E-state index in [1.807, 2.05) is 0 Å². The van der Waals surface area contributed by atoms with Gasteiger partial charge in [0.2, 0.25) is 5.91 Å². The van der Waals surface area contributed by atoms with Crippen LogP contribution in [0.15, 0.2) is 24.3 Å². The van der Waals surface area contributed by atoms with Gasteiger partial charge in [-0.3, -0.25) is 4.79 Å². The lowest BCUT2D eigenvalue weighted by molar-refractivity contribution is -0.156. The van der Waals surface area contributed by atoms with Crippen molar-refractivity contribution in [2.45, 2.75) is 38.1 Å². The first-order valence-electron chi connectivity index (χ1n) is 6.81. The Kier molecular flexibility index (Phi) is 3.97. The van der Waals surface area contributed by atoms with E-state index in [1.54, 1.807) is 19.1 Å². The van der Waals surface area contributed by atoms with Gasteiger partial charge in [0.25, 0.3) is 0 Å². The van der Waals surface area contributed by atoms with E-state index in [0.29, 0.717) is 31.4 Å². The number of carboxylic acid groups (broad SMARTS) is 1. The average Bonchev–Trinajstić information content (AvgIpc) is 2.83. The zero-order chi connectivity index (χ0) is 14.8. The molecule has 5 nitrogen and oxygen atoms in total. The van der Waals surface area contributed by atoms with Gasteiger partial charge in [-0.25, -0.2) is 4.79 Å². The van der Waals surface area contributed by atoms with Gasteiger partial charge in [0.05, 0.1) is 6.42 Å². The molecule has 0 aliphatic carbocycles. The fourth-order valence-corrected chi connectivity index (χ4v) is 2.92. The molecule has 1 atom stereocenters. The first kappa shape index (κ1) is 14.4. The summed E-state index contributed by atoms with van der Waals surface area (Å²) < 4.78 is 0. The Hall–Kier alpha value is -2.04. The number of carbonyl (C=O) groups is 2. The van der Waals surface area contributed by atoms with Crippen LogP contribution in [0.4, 0.5) is 0 Å². The van der Waals surface area contributed by atoms with E-state index in [2.05, 4.69) is 0 Å². The maximum atomic E-state index is 12.4. The van der Waals surface area contributed by atoms with Crippen LogP contribution in [0.3, 0.4) is 0 Å². The second-order valence-corrected chi connectivity index (χ2v) is 5.19. The summed E-state index contributed by atoms with van der Waals surface area (Å²) in [5, 5.41) is 18.9. The van der Waals surface area contributed by atoms with Gasteiger partial charge in [0, 0.05) is 6.54 Å². The van der Waals surface area contributed by atoms with Crippen molar-refractivity contribution in [1.29, 1.82) is 0 Å². The molecule has 1 aliphatic rings. The molecule has 0 saturated carbocycles. The molecule has 1 unspecified atom stereocenters. The Balaban J connectivity index is 2.18. The molecule has 0 radical (unpaired) electrons. The summed E-state index contributed by atoms with van der Waals surface area (Å²) in [6, 6.07) is 6.49. The summed E-state index contributed by atoms with van der Waals surface area (Å²) in [4.78, 5) is 25.4. The number of benzene rings is 1. The molecule has 0 bridgehead atoms. The minimum Gasteiger partial charge on any atom is -0.508 e. The summed E-state index contributed by atoms with van der Waals surface area (Å²) in [5.41, 5.74) is -0.370. The van der Waals surface area contributed by atoms with Gasteiger partial charge in [-0.1, -0.05) is 19.1 Å². The van der Waals surface area contributed by atoms with Crippen LogP contribution in [-0.2, 0) is 16.0 Å². The fourth-order valence-electron chi connectivity index (χ4n) is 2.92. The van der Waals surface area contributed by atoms with Crippen LogP contribution in [0.1, 0.15) is 31.7 Å². The number of likely N-dealkylation sites (tertiary alicyclic amines) is 1. The summed E-state index contributed by atoms with van der Waals surface area (Å²) >= 11 is 0. The van der Waals surface area contributed by atoms with E-state index in [4.69, 9.17) is 0 Å². The van der Waals surface area contributed by atoms with Gasteiger partial charge in [0.1, 0.15) is 11.3 Å². The number of phenols is 1. The Bertz CT molecular complexity index is 528. The van der Waals surface area contributed by atoms with Crippen molar-refractivity contribution < 1.29 is 19.8 Å². The van der Waals surface area contributed by atoms with Crippen molar-refractivity contribution in [2.75, 3.05) is 6.54 Å². The number of carbonyl (C=O) groups excluding carboxylic acids is 1. The SMILES string of the molecule is CCC1(C(=O)O)CCCN1C(=O)Cc1cccc(O)c1. The lowest BCUT2D eigenvalue weighted by Crippen LogP contribution is -2.53. The third-order valence-electron chi connectivity index (χ3n) is 4.04. The third kappa shape index (κ3) is 2.48. The molecule has 108 valence electrons. The Morgan fingerprint density at radius 2 is 2.15 bits per heavy atom. The number of hydrogen-bond acceptors (Lipinski definition) is 3. The van der Waals surface area contributed by atoms with Gasteiger partial charge < -0.3 is 15.1 Å². The van der Waals surface area contributed by atoms with Crippen molar-refractivity contribution >= 4 is 11.9 Å². The summed E-state index contributed by atoms with van der Waals surface area (Å²) in [6.45, 7) is 2.28. The van der Waals surface area contributed by atoms with Gasteiger partial charge >= 0.3 is 5.97 Å². The molecule has 1 aromatic rings. The average molecular weight is 277 g/mol. The van der Waals surface area contributed by atoms with E-state index in [0.717, 1.165) is 0 Å². The lowest BCUT2D eigenvalue weighted by Gasteiger charge is -2.34. The summed E-state index contributed by atoms with van der Waals surface area (Å²) in [7, 11) is 0. The molecule has 1 saturated heterocycles. The largest absolute Gasteiger partial charge is 0.508 e. The summed E-state index contributed by atoms with van der Waals surface area (Å²) in [6.07, 6.45) is 1.74. The predicted molar refractivity (Wildman–Crippen MR) is 73.4 cm³/mol. The molecule has 1 aromatic carbocycles. The molecule has 1 aliphatic heterocycles. The highest BCUT2D eigenvalue weighted by atomic mass is 16.4. The smallest absolute Gasteiger partial charge is 0.329 e. The highest BCUT2D eigenvalue weighted by Gasteiger charge is 2.48. The monoisotopic (exact) mass is 277 g/mol. The molecule has 2 rings (SSSR count). The molecule has 2 N–H and O–H groups in total. The maximum Gasteiger partial charge on any atom is 0.329 e. The van der Waals surface area contributed by atoms with Gasteiger partial charge in [0.15, 0.2) is 0 Å². The second kappa shape index (κ2) is 5.53. The van der Waals surface area contributed by atoms with Crippen LogP contribution in [0.25, 0.3) is 0 Å². The van der Waals surface area contributed by atoms with Crippen LogP contribution in [0.5, 0.6) is 5.75 Å². The van der Waals surface area contributed by atoms with E-state index in [9.17, 15) is 19.8 Å². The highest BCUT2D eigenvalue weighted by molar-refractivity contribution is 5.88. The van der Waals surface area contributed by atoms with Crippen molar-refractivity contribution in [3.8, 4) is 5.75 Å². The minimum absolute atomic E-state index is 0.108. The number of hydrogen-bond donors (Lipinski definition) is 2. The Labute approximate surface area is 117 Å². The van der Waals surface area contributed by atoms with Crippen LogP contribution < -0.4 is 0 Å². The molecule has 1 amide bonds. The minimum atomic E-state index is -1.06. The lowest BCUT2D eigenvalue weighted by atomic mass is 9.92. The zero-order valence-electron chi connectivity index (χ0n) is 11.5. The van der Waals surface area contributed by atoms with Crippen LogP contribution in [0.2, 0.25) is 0 Å². The number of aromatic hydroxyl groups is 1. The van der Waals surface area contributed by atoms with E-state index in [1.165, 1.54) is 17.0 Å². The van der Waals surface area contributed by atoms with Gasteiger partial charge in [-0.15, -0.1) is 0 Å². The molecular weight excluding hydrogens is 258 g/mol. The first-order chi connectivity index (χ1) is 9.49. The number of carboxylic acids is 1. The van der Waals surface area contributed by atoms with Crippen molar-refractivity contribution in [3.05, 3.63) is 29.8 Å². The molecule has 0 spiro atoms. The zero-order valence-corrected chi connectivity index (χ0v) is 11.5. The van der Waals surface area contributed by atoms with E-state index < -0.39 is 11.5 Å². The maximum absolute atomic E-state index is 12.4. The van der Waals surface area contributed by atoms with Crippen molar-refractivity contribution in [1.82, 2.24) is 4.90 Å². The summed E-state index contributed by atoms with van der Waals surface area (Å²) in [5.74, 6) is -1.02. The molecule has 20 heavy (non-hydrogen) atoms. The second-order valence-electron chi connectivity index (χ2n) is 5.19. The van der Waals surface area contributed by atoms with Crippen LogP contribution in [-0.4, -0.2) is 39.1 Å². The Morgan fingerprint density at radius 1 is 1.40 bits per heavy atom. The molecule has 1 fully saturated rings. The van der Waals surface area contributed by atoms with Crippen molar-refractivity contribution in [2.24, 2.45) is 0 Å². The fraction of sp³-hybridized carbons (Fsp3) is 0.467. The van der Waals surface area contributed by atoms with Gasteiger partial charge in [-0.05, 0) is 37.0 Å². The quantitative estimate of drug-likeness (QED) is 0.879. The number of rotatable bonds is 4. The molecule has 5 heteroatoms. The van der Waals surface area contributed by atoms with E-state index in [-0.39, 0.29) is 18.1 Å². The topological polar surface area (TPSA) is 77.8 Å². The van der Waals surface area contributed by atoms with Crippen molar-refractivity contribution in [3.63, 3.8) is 0 Å². The number of aliphatic carboxylic acids is 1. The normalized spacial score (nSPS) is 21.9. The third-order valence-corrected chi connectivity index (χ3v) is 4.04. The Morgan fingerprint density at radius 3 is 2.75 bits per heavy atom. The van der Waals surface area contributed by atoms with Crippen LogP contribution in [0, 0.1) is 0 Å². The molecule has 0 aromatic heterocycles. The highest BCUT2D eigenvalue weighted by Crippen LogP contribution is 2.33. The predicted octanol–water partition coefficient (Wildman–Crippen LogP) is 1.79. The first-order valence-corrected chi connectivity index (χ1v) is 6.81. The molecular formula is C15H19NO4. The van der Waals surface area contributed by atoms with E-state index >= 15 is 0 Å². The van der Waals surface area contributed by atoms with Crippen LogP contribution >= 0.6 is 0 Å². The molecule has 1 heterocycles. The number of phenolic OH excluding ortho intramolecular Hbond substituents is 1. The standard InChI is InChI=1S/C15H19NO4/c1-2-15(14(19)20)7-4-8-16(15)13(18)10-11-5-3-6-12(17)9-11/h3,5-6,9,17H,2,4,7-8,10H2,1H3,(H,19,20). The number of amides is 1. The number of nitrogens with zero attached hydrogens (tertiary/aromatic N) is 1. The van der Waals surface area contributed by atoms with Gasteiger partial charge in [-0.2, -0.15) is 0 Å².